The van der Waals surface area contributed by atoms with Crippen LogP contribution in [-0.4, -0.2) is 4.98 Å². The van der Waals surface area contributed by atoms with Crippen LogP contribution in [0.4, 0.5) is 0 Å². The molecule has 2 aromatic carbocycles. The second-order valence-electron chi connectivity index (χ2n) is 4.17. The number of hydrogen-bond acceptors (Lipinski definition) is 2. The Bertz CT molecular complexity index is 839. The average Bonchev–Trinajstić information content (AvgIpc) is 2.73. The van der Waals surface area contributed by atoms with Crippen LogP contribution in [0.15, 0.2) is 54.9 Å². The number of thiophene rings is 1. The molecule has 0 radical (unpaired) electrons. The van der Waals surface area contributed by atoms with Crippen molar-refractivity contribution in [3.05, 3.63) is 54.9 Å². The molecule has 0 bridgehead atoms. The van der Waals surface area contributed by atoms with Gasteiger partial charge >= 0.3 is 0 Å². The summed E-state index contributed by atoms with van der Waals surface area (Å²) in [6.45, 7) is 0. The van der Waals surface area contributed by atoms with Crippen LogP contribution in [0.25, 0.3) is 30.9 Å². The molecule has 0 aliphatic heterocycles. The first-order valence-electron chi connectivity index (χ1n) is 5.57. The fourth-order valence-electron chi connectivity index (χ4n) is 2.31. The van der Waals surface area contributed by atoms with E-state index in [2.05, 4.69) is 47.4 Å². The molecular formula is C15H9NS. The van der Waals surface area contributed by atoms with Crippen molar-refractivity contribution < 1.29 is 0 Å². The van der Waals surface area contributed by atoms with Gasteiger partial charge in [-0.2, -0.15) is 0 Å². The van der Waals surface area contributed by atoms with E-state index in [0.29, 0.717) is 0 Å². The molecule has 80 valence electrons. The molecule has 2 heteroatoms. The fourth-order valence-corrected chi connectivity index (χ4v) is 3.44. The van der Waals surface area contributed by atoms with Gasteiger partial charge in [-0.15, -0.1) is 11.3 Å². The SMILES string of the molecule is c1ccc2c(c1)sc1cc3ccncc3cc12. The molecule has 0 unspecified atom stereocenters. The number of rotatable bonds is 0. The predicted molar refractivity (Wildman–Crippen MR) is 74.6 cm³/mol. The van der Waals surface area contributed by atoms with E-state index in [9.17, 15) is 0 Å². The Morgan fingerprint density at radius 2 is 1.76 bits per heavy atom. The minimum absolute atomic E-state index is 1.21. The van der Waals surface area contributed by atoms with Crippen molar-refractivity contribution in [1.82, 2.24) is 4.98 Å². The lowest BCUT2D eigenvalue weighted by molar-refractivity contribution is 1.37. The molecule has 4 rings (SSSR count). The average molecular weight is 235 g/mol. The maximum Gasteiger partial charge on any atom is 0.0361 e. The molecule has 0 atom stereocenters. The number of fused-ring (bicyclic) bond motifs is 4. The molecule has 2 heterocycles. The second-order valence-corrected chi connectivity index (χ2v) is 5.25. The van der Waals surface area contributed by atoms with Crippen LogP contribution in [-0.2, 0) is 0 Å². The van der Waals surface area contributed by atoms with Gasteiger partial charge in [0.1, 0.15) is 0 Å². The highest BCUT2D eigenvalue weighted by Crippen LogP contribution is 2.35. The van der Waals surface area contributed by atoms with Crippen molar-refractivity contribution in [3.8, 4) is 0 Å². The molecule has 0 N–H and O–H groups in total. The highest BCUT2D eigenvalue weighted by atomic mass is 32.1. The zero-order valence-corrected chi connectivity index (χ0v) is 9.87. The van der Waals surface area contributed by atoms with Crippen LogP contribution in [0.2, 0.25) is 0 Å². The van der Waals surface area contributed by atoms with E-state index >= 15 is 0 Å². The third kappa shape index (κ3) is 1.28. The molecule has 4 aromatic rings. The van der Waals surface area contributed by atoms with Gasteiger partial charge < -0.3 is 0 Å². The first kappa shape index (κ1) is 9.14. The van der Waals surface area contributed by atoms with Gasteiger partial charge in [-0.1, -0.05) is 18.2 Å². The Balaban J connectivity index is 2.28. The molecule has 0 spiro atoms. The normalized spacial score (nSPS) is 11.5. The van der Waals surface area contributed by atoms with Crippen molar-refractivity contribution in [2.24, 2.45) is 0 Å². The van der Waals surface area contributed by atoms with Crippen LogP contribution in [0.3, 0.4) is 0 Å². The van der Waals surface area contributed by atoms with Crippen LogP contribution in [0, 0.1) is 0 Å². The van der Waals surface area contributed by atoms with Gasteiger partial charge in [-0.05, 0) is 29.7 Å². The summed E-state index contributed by atoms with van der Waals surface area (Å²) in [4.78, 5) is 4.19. The van der Waals surface area contributed by atoms with E-state index in [1.165, 1.54) is 30.9 Å². The Labute approximate surface area is 102 Å². The number of aromatic nitrogens is 1. The second kappa shape index (κ2) is 3.28. The molecule has 2 aromatic heterocycles. The summed E-state index contributed by atoms with van der Waals surface area (Å²) in [6.07, 6.45) is 3.78. The molecule has 1 nitrogen and oxygen atoms in total. The minimum atomic E-state index is 1.21. The van der Waals surface area contributed by atoms with Crippen molar-refractivity contribution in [2.75, 3.05) is 0 Å². The van der Waals surface area contributed by atoms with Gasteiger partial charge in [-0.25, -0.2) is 0 Å². The summed E-state index contributed by atoms with van der Waals surface area (Å²) in [5, 5.41) is 5.16. The van der Waals surface area contributed by atoms with Crippen molar-refractivity contribution in [3.63, 3.8) is 0 Å². The maximum atomic E-state index is 4.19. The van der Waals surface area contributed by atoms with Gasteiger partial charge in [0.15, 0.2) is 0 Å². The van der Waals surface area contributed by atoms with Gasteiger partial charge in [0, 0.05) is 38.0 Å². The summed E-state index contributed by atoms with van der Waals surface area (Å²) in [5.41, 5.74) is 0. The van der Waals surface area contributed by atoms with Gasteiger partial charge in [0.25, 0.3) is 0 Å². The van der Waals surface area contributed by atoms with Crippen molar-refractivity contribution in [2.45, 2.75) is 0 Å². The van der Waals surface area contributed by atoms with Gasteiger partial charge in [-0.3, -0.25) is 4.98 Å². The first-order chi connectivity index (χ1) is 8.42. The summed E-state index contributed by atoms with van der Waals surface area (Å²) >= 11 is 1.86. The largest absolute Gasteiger partial charge is 0.264 e. The lowest BCUT2D eigenvalue weighted by Gasteiger charge is -1.97. The molecule has 0 aliphatic rings. The van der Waals surface area contributed by atoms with Crippen molar-refractivity contribution in [1.29, 1.82) is 0 Å². The molecule has 0 saturated heterocycles. The predicted octanol–water partition coefficient (Wildman–Crippen LogP) is 4.60. The molecule has 0 aliphatic carbocycles. The Hall–Kier alpha value is -1.93. The van der Waals surface area contributed by atoms with Crippen LogP contribution in [0.5, 0.6) is 0 Å². The number of benzene rings is 2. The maximum absolute atomic E-state index is 4.19. The monoisotopic (exact) mass is 235 g/mol. The smallest absolute Gasteiger partial charge is 0.0361 e. The topological polar surface area (TPSA) is 12.9 Å². The van der Waals surface area contributed by atoms with Crippen LogP contribution < -0.4 is 0 Å². The fraction of sp³-hybridized carbons (Fsp3) is 0. The van der Waals surface area contributed by atoms with Crippen molar-refractivity contribution >= 4 is 42.3 Å². The standard InChI is InChI=1S/C15H9NS/c1-2-4-14-12(3-1)13-7-11-9-16-6-5-10(11)8-15(13)17-14/h1-9H. The van der Waals surface area contributed by atoms with Crippen LogP contribution >= 0.6 is 11.3 Å². The summed E-state index contributed by atoms with van der Waals surface area (Å²) < 4.78 is 2.70. The van der Waals surface area contributed by atoms with Gasteiger partial charge in [0.2, 0.25) is 0 Å². The number of pyridine rings is 1. The van der Waals surface area contributed by atoms with E-state index in [1.807, 2.05) is 23.7 Å². The number of hydrogen-bond donors (Lipinski definition) is 0. The molecular weight excluding hydrogens is 226 g/mol. The molecule has 0 amide bonds. The summed E-state index contributed by atoms with van der Waals surface area (Å²) in [5.74, 6) is 0. The van der Waals surface area contributed by atoms with E-state index in [0.717, 1.165) is 0 Å². The molecule has 0 fully saturated rings. The summed E-state index contributed by atoms with van der Waals surface area (Å²) in [6, 6.07) is 15.1. The number of nitrogens with zero attached hydrogens (tertiary/aromatic N) is 1. The highest BCUT2D eigenvalue weighted by Gasteiger charge is 2.05. The molecule has 0 saturated carbocycles. The lowest BCUT2D eigenvalue weighted by atomic mass is 10.1. The van der Waals surface area contributed by atoms with Gasteiger partial charge in [0.05, 0.1) is 0 Å². The zero-order valence-electron chi connectivity index (χ0n) is 9.05. The Kier molecular flexibility index (Phi) is 1.76. The van der Waals surface area contributed by atoms with E-state index in [1.54, 1.807) is 0 Å². The minimum Gasteiger partial charge on any atom is -0.264 e. The van der Waals surface area contributed by atoms with E-state index in [-0.39, 0.29) is 0 Å². The first-order valence-corrected chi connectivity index (χ1v) is 6.38. The Morgan fingerprint density at radius 3 is 2.76 bits per heavy atom. The van der Waals surface area contributed by atoms with E-state index < -0.39 is 0 Å². The van der Waals surface area contributed by atoms with Crippen LogP contribution in [0.1, 0.15) is 0 Å². The quantitative estimate of drug-likeness (QED) is 0.434. The zero-order chi connectivity index (χ0) is 11.2. The van der Waals surface area contributed by atoms with E-state index in [4.69, 9.17) is 0 Å². The molecule has 17 heavy (non-hydrogen) atoms. The third-order valence-electron chi connectivity index (χ3n) is 3.14. The Morgan fingerprint density at radius 1 is 0.824 bits per heavy atom. The third-order valence-corrected chi connectivity index (χ3v) is 4.27. The summed E-state index contributed by atoms with van der Waals surface area (Å²) in [7, 11) is 0. The lowest BCUT2D eigenvalue weighted by Crippen LogP contribution is -1.74. The highest BCUT2D eigenvalue weighted by molar-refractivity contribution is 7.25.